The molecule has 0 saturated heterocycles. The molecule has 0 bridgehead atoms. The molecule has 0 spiro atoms. The SMILES string of the molecule is CCOC(=O)CCN(C)C(=O)c1cc(F)ccc1[N+](=O)[O-]. The largest absolute Gasteiger partial charge is 0.466 e. The minimum Gasteiger partial charge on any atom is -0.466 e. The molecule has 0 atom stereocenters. The van der Waals surface area contributed by atoms with E-state index in [1.807, 2.05) is 0 Å². The van der Waals surface area contributed by atoms with Gasteiger partial charge < -0.3 is 9.64 Å². The molecule has 1 aromatic carbocycles. The summed E-state index contributed by atoms with van der Waals surface area (Å²) in [6, 6.07) is 2.65. The molecule has 21 heavy (non-hydrogen) atoms. The van der Waals surface area contributed by atoms with Crippen LogP contribution in [0.2, 0.25) is 0 Å². The minimum atomic E-state index is -0.758. The summed E-state index contributed by atoms with van der Waals surface area (Å²) in [6.07, 6.45) is -0.0425. The second kappa shape index (κ2) is 7.32. The number of hydrogen-bond acceptors (Lipinski definition) is 5. The van der Waals surface area contributed by atoms with Crippen molar-refractivity contribution in [2.24, 2.45) is 0 Å². The van der Waals surface area contributed by atoms with Crippen molar-refractivity contribution >= 4 is 17.6 Å². The van der Waals surface area contributed by atoms with Gasteiger partial charge in [0.1, 0.15) is 11.4 Å². The molecule has 8 heteroatoms. The van der Waals surface area contributed by atoms with Crippen molar-refractivity contribution in [2.45, 2.75) is 13.3 Å². The summed E-state index contributed by atoms with van der Waals surface area (Å²) >= 11 is 0. The highest BCUT2D eigenvalue weighted by Gasteiger charge is 2.23. The van der Waals surface area contributed by atoms with Gasteiger partial charge in [-0.15, -0.1) is 0 Å². The predicted molar refractivity (Wildman–Crippen MR) is 71.3 cm³/mol. The van der Waals surface area contributed by atoms with Gasteiger partial charge in [0, 0.05) is 19.7 Å². The Labute approximate surface area is 120 Å². The maximum absolute atomic E-state index is 13.2. The van der Waals surface area contributed by atoms with Crippen LogP contribution in [0, 0.1) is 15.9 Å². The van der Waals surface area contributed by atoms with Gasteiger partial charge in [0.15, 0.2) is 0 Å². The lowest BCUT2D eigenvalue weighted by atomic mass is 10.1. The Morgan fingerprint density at radius 3 is 2.67 bits per heavy atom. The van der Waals surface area contributed by atoms with E-state index in [0.29, 0.717) is 0 Å². The number of nitrogens with zero attached hydrogens (tertiary/aromatic N) is 2. The van der Waals surface area contributed by atoms with Crippen LogP contribution < -0.4 is 0 Å². The summed E-state index contributed by atoms with van der Waals surface area (Å²) < 4.78 is 17.9. The lowest BCUT2D eigenvalue weighted by Crippen LogP contribution is -2.30. The second-order valence-corrected chi connectivity index (χ2v) is 4.20. The number of esters is 1. The average Bonchev–Trinajstić information content (AvgIpc) is 2.43. The van der Waals surface area contributed by atoms with Crippen LogP contribution in [-0.2, 0) is 9.53 Å². The molecular weight excluding hydrogens is 283 g/mol. The van der Waals surface area contributed by atoms with Crippen LogP contribution in [0.1, 0.15) is 23.7 Å². The first kappa shape index (κ1) is 16.5. The molecule has 0 fully saturated rings. The number of nitro groups is 1. The maximum Gasteiger partial charge on any atom is 0.307 e. The van der Waals surface area contributed by atoms with Crippen molar-refractivity contribution in [3.63, 3.8) is 0 Å². The zero-order chi connectivity index (χ0) is 16.0. The van der Waals surface area contributed by atoms with Crippen molar-refractivity contribution in [2.75, 3.05) is 20.2 Å². The quantitative estimate of drug-likeness (QED) is 0.453. The molecule has 0 saturated carbocycles. The Hall–Kier alpha value is -2.51. The Morgan fingerprint density at radius 2 is 2.10 bits per heavy atom. The van der Waals surface area contributed by atoms with E-state index < -0.39 is 28.3 Å². The van der Waals surface area contributed by atoms with E-state index in [-0.39, 0.29) is 25.1 Å². The first-order chi connectivity index (χ1) is 9.86. The van der Waals surface area contributed by atoms with Gasteiger partial charge in [-0.05, 0) is 19.1 Å². The number of hydrogen-bond donors (Lipinski definition) is 0. The van der Waals surface area contributed by atoms with E-state index in [9.17, 15) is 24.1 Å². The van der Waals surface area contributed by atoms with Gasteiger partial charge in [0.25, 0.3) is 11.6 Å². The summed E-state index contributed by atoms with van der Waals surface area (Å²) in [4.78, 5) is 34.5. The third kappa shape index (κ3) is 4.51. The second-order valence-electron chi connectivity index (χ2n) is 4.20. The van der Waals surface area contributed by atoms with Crippen LogP contribution in [0.25, 0.3) is 0 Å². The number of rotatable bonds is 6. The van der Waals surface area contributed by atoms with E-state index in [1.165, 1.54) is 7.05 Å². The molecule has 0 unspecified atom stereocenters. The highest BCUT2D eigenvalue weighted by Crippen LogP contribution is 2.21. The van der Waals surface area contributed by atoms with Crippen LogP contribution in [0.5, 0.6) is 0 Å². The van der Waals surface area contributed by atoms with Crippen LogP contribution >= 0.6 is 0 Å². The molecule has 0 N–H and O–H groups in total. The van der Waals surface area contributed by atoms with Gasteiger partial charge in [-0.1, -0.05) is 0 Å². The standard InChI is InChI=1S/C13H15FN2O5/c1-3-21-12(17)6-7-15(2)13(18)10-8-9(14)4-5-11(10)16(19)20/h4-5,8H,3,6-7H2,1-2H3. The summed E-state index contributed by atoms with van der Waals surface area (Å²) in [7, 11) is 1.37. The molecule has 0 aromatic heterocycles. The fraction of sp³-hybridized carbons (Fsp3) is 0.385. The fourth-order valence-electron chi connectivity index (χ4n) is 1.64. The van der Waals surface area contributed by atoms with Gasteiger partial charge >= 0.3 is 5.97 Å². The summed E-state index contributed by atoms with van der Waals surface area (Å²) in [5, 5.41) is 10.8. The Kier molecular flexibility index (Phi) is 5.77. The van der Waals surface area contributed by atoms with Crippen molar-refractivity contribution < 1.29 is 23.6 Å². The Balaban J connectivity index is 2.85. The highest BCUT2D eigenvalue weighted by molar-refractivity contribution is 5.98. The number of amides is 1. The molecule has 0 aliphatic carbocycles. The van der Waals surface area contributed by atoms with E-state index in [4.69, 9.17) is 4.74 Å². The number of halogens is 1. The predicted octanol–water partition coefficient (Wildman–Crippen LogP) is 1.76. The van der Waals surface area contributed by atoms with Gasteiger partial charge in [0.2, 0.25) is 0 Å². The number of carbonyl (C=O) groups excluding carboxylic acids is 2. The maximum atomic E-state index is 13.2. The van der Waals surface area contributed by atoms with E-state index >= 15 is 0 Å². The van der Waals surface area contributed by atoms with E-state index in [2.05, 4.69) is 0 Å². The smallest absolute Gasteiger partial charge is 0.307 e. The third-order valence-corrected chi connectivity index (χ3v) is 2.69. The Morgan fingerprint density at radius 1 is 1.43 bits per heavy atom. The van der Waals surface area contributed by atoms with E-state index in [1.54, 1.807) is 6.92 Å². The highest BCUT2D eigenvalue weighted by atomic mass is 19.1. The molecule has 0 aliphatic rings. The molecule has 0 heterocycles. The molecular formula is C13H15FN2O5. The molecule has 1 aromatic rings. The van der Waals surface area contributed by atoms with Gasteiger partial charge in [-0.3, -0.25) is 19.7 Å². The molecule has 1 rings (SSSR count). The zero-order valence-corrected chi connectivity index (χ0v) is 11.7. The number of benzene rings is 1. The van der Waals surface area contributed by atoms with Crippen LogP contribution in [0.3, 0.4) is 0 Å². The zero-order valence-electron chi connectivity index (χ0n) is 11.7. The third-order valence-electron chi connectivity index (χ3n) is 2.69. The summed E-state index contributed by atoms with van der Waals surface area (Å²) in [5.74, 6) is -1.96. The van der Waals surface area contributed by atoms with Gasteiger partial charge in [0.05, 0.1) is 18.0 Å². The van der Waals surface area contributed by atoms with E-state index in [0.717, 1.165) is 23.1 Å². The summed E-state index contributed by atoms with van der Waals surface area (Å²) in [5.41, 5.74) is -0.837. The van der Waals surface area contributed by atoms with Crippen molar-refractivity contribution in [1.29, 1.82) is 0 Å². The van der Waals surface area contributed by atoms with Crippen molar-refractivity contribution in [3.8, 4) is 0 Å². The number of nitro benzene ring substituents is 1. The van der Waals surface area contributed by atoms with Gasteiger partial charge in [-0.2, -0.15) is 0 Å². The average molecular weight is 298 g/mol. The first-order valence-corrected chi connectivity index (χ1v) is 6.21. The number of ether oxygens (including phenoxy) is 1. The molecule has 114 valence electrons. The first-order valence-electron chi connectivity index (χ1n) is 6.21. The molecule has 0 radical (unpaired) electrons. The van der Waals surface area contributed by atoms with Crippen LogP contribution in [0.15, 0.2) is 18.2 Å². The molecule has 7 nitrogen and oxygen atoms in total. The Bertz CT molecular complexity index is 561. The lowest BCUT2D eigenvalue weighted by molar-refractivity contribution is -0.385. The van der Waals surface area contributed by atoms with Crippen LogP contribution in [-0.4, -0.2) is 41.9 Å². The van der Waals surface area contributed by atoms with Crippen molar-refractivity contribution in [1.82, 2.24) is 4.90 Å². The summed E-state index contributed by atoms with van der Waals surface area (Å²) in [6.45, 7) is 1.90. The normalized spacial score (nSPS) is 10.0. The molecule has 0 aliphatic heterocycles. The fourth-order valence-corrected chi connectivity index (χ4v) is 1.64. The minimum absolute atomic E-state index is 0.0192. The van der Waals surface area contributed by atoms with Gasteiger partial charge in [-0.25, -0.2) is 4.39 Å². The van der Waals surface area contributed by atoms with Crippen LogP contribution in [0.4, 0.5) is 10.1 Å². The number of carbonyl (C=O) groups is 2. The van der Waals surface area contributed by atoms with Crippen molar-refractivity contribution in [3.05, 3.63) is 39.7 Å². The monoisotopic (exact) mass is 298 g/mol. The lowest BCUT2D eigenvalue weighted by Gasteiger charge is -2.16. The molecule has 1 amide bonds. The topological polar surface area (TPSA) is 89.8 Å².